The van der Waals surface area contributed by atoms with Crippen LogP contribution in [-0.2, 0) is 9.59 Å². The summed E-state index contributed by atoms with van der Waals surface area (Å²) in [4.78, 5) is 28.5. The van der Waals surface area contributed by atoms with Crippen molar-refractivity contribution in [3.63, 3.8) is 0 Å². The van der Waals surface area contributed by atoms with Gasteiger partial charge in [-0.15, -0.1) is 0 Å². The summed E-state index contributed by atoms with van der Waals surface area (Å²) >= 11 is 0. The minimum atomic E-state index is -0.650. The molecule has 1 heterocycles. The zero-order chi connectivity index (χ0) is 22.5. The molecule has 2 aromatic rings. The van der Waals surface area contributed by atoms with Crippen LogP contribution in [0.5, 0.6) is 11.5 Å². The maximum absolute atomic E-state index is 13.9. The molecular formula is C26H30N2O4. The first-order chi connectivity index (χ1) is 15.6. The van der Waals surface area contributed by atoms with Crippen LogP contribution in [0.1, 0.15) is 50.2 Å². The van der Waals surface area contributed by atoms with Crippen molar-refractivity contribution >= 4 is 23.5 Å². The molecular weight excluding hydrogens is 404 g/mol. The van der Waals surface area contributed by atoms with E-state index in [2.05, 4.69) is 5.32 Å². The minimum absolute atomic E-state index is 0.0808. The fourth-order valence-corrected chi connectivity index (χ4v) is 4.58. The Kier molecular flexibility index (Phi) is 6.90. The summed E-state index contributed by atoms with van der Waals surface area (Å²) in [6.07, 6.45) is 6.46. The van der Waals surface area contributed by atoms with Crippen LogP contribution in [0.3, 0.4) is 0 Å². The normalized spacial score (nSPS) is 16.1. The second-order valence-corrected chi connectivity index (χ2v) is 8.33. The summed E-state index contributed by atoms with van der Waals surface area (Å²) in [5.41, 5.74) is 1.91. The van der Waals surface area contributed by atoms with Crippen LogP contribution in [0.15, 0.2) is 48.5 Å². The number of aliphatic hydroxyl groups excluding tert-OH is 1. The summed E-state index contributed by atoms with van der Waals surface area (Å²) in [5, 5.41) is 12.8. The first-order valence-electron chi connectivity index (χ1n) is 11.4. The number of para-hydroxylation sites is 2. The third kappa shape index (κ3) is 4.55. The number of nitrogens with zero attached hydrogens (tertiary/aromatic N) is 1. The molecule has 0 bridgehead atoms. The lowest BCUT2D eigenvalue weighted by molar-refractivity contribution is -0.137. The predicted octanol–water partition coefficient (Wildman–Crippen LogP) is 3.99. The summed E-state index contributed by atoms with van der Waals surface area (Å²) in [7, 11) is 0. The zero-order valence-corrected chi connectivity index (χ0v) is 18.4. The van der Waals surface area contributed by atoms with Gasteiger partial charge in [0.25, 0.3) is 5.91 Å². The van der Waals surface area contributed by atoms with E-state index in [1.165, 1.54) is 4.90 Å². The van der Waals surface area contributed by atoms with Crippen molar-refractivity contribution in [1.82, 2.24) is 10.2 Å². The largest absolute Gasteiger partial charge is 0.456 e. The van der Waals surface area contributed by atoms with Gasteiger partial charge in [0.2, 0.25) is 5.91 Å². The molecule has 4 rings (SSSR count). The number of rotatable bonds is 7. The van der Waals surface area contributed by atoms with E-state index in [1.54, 1.807) is 0 Å². The molecule has 1 fully saturated rings. The fraction of sp³-hybridized carbons (Fsp3) is 0.385. The smallest absolute Gasteiger partial charge is 0.255 e. The monoisotopic (exact) mass is 434 g/mol. The van der Waals surface area contributed by atoms with Gasteiger partial charge in [-0.2, -0.15) is 0 Å². The summed E-state index contributed by atoms with van der Waals surface area (Å²) in [5.74, 6) is 0.813. The Hall–Kier alpha value is -3.12. The van der Waals surface area contributed by atoms with E-state index in [0.29, 0.717) is 29.1 Å². The minimum Gasteiger partial charge on any atom is -0.456 e. The van der Waals surface area contributed by atoms with E-state index in [0.717, 1.165) is 31.2 Å². The van der Waals surface area contributed by atoms with Gasteiger partial charge >= 0.3 is 0 Å². The molecule has 1 aliphatic heterocycles. The molecule has 0 aromatic heterocycles. The lowest BCUT2D eigenvalue weighted by Crippen LogP contribution is -2.52. The quantitative estimate of drug-likeness (QED) is 0.691. The highest BCUT2D eigenvalue weighted by atomic mass is 16.5. The molecule has 2 aliphatic rings. The molecule has 2 amide bonds. The second kappa shape index (κ2) is 10.0. The Balaban J connectivity index is 1.70. The number of hydrogen-bond acceptors (Lipinski definition) is 4. The van der Waals surface area contributed by atoms with Gasteiger partial charge in [0.1, 0.15) is 17.5 Å². The standard InChI is InChI=1S/C26H30N2O4/c1-2-22(25(30)27-19-10-4-5-11-19)28(15-16-29)26(31)21-17-18-9-3-7-13-23(18)32-24-14-8-6-12-20(21)24/h3,6-9,12-14,17,19,22,29H,2,4-5,10-11,15-16H2,1H3,(H,27,30). The number of carbonyl (C=O) groups is 2. The van der Waals surface area contributed by atoms with Crippen molar-refractivity contribution in [2.75, 3.05) is 13.2 Å². The molecule has 1 unspecified atom stereocenters. The molecule has 1 atom stereocenters. The van der Waals surface area contributed by atoms with Crippen molar-refractivity contribution in [3.05, 3.63) is 59.7 Å². The molecule has 1 aliphatic carbocycles. The lowest BCUT2D eigenvalue weighted by atomic mass is 9.99. The van der Waals surface area contributed by atoms with Crippen LogP contribution >= 0.6 is 0 Å². The Bertz CT molecular complexity index is 1010. The number of ether oxygens (including phenoxy) is 1. The first kappa shape index (κ1) is 22.1. The van der Waals surface area contributed by atoms with E-state index >= 15 is 0 Å². The van der Waals surface area contributed by atoms with Crippen LogP contribution in [0.2, 0.25) is 0 Å². The van der Waals surface area contributed by atoms with Crippen molar-refractivity contribution in [1.29, 1.82) is 0 Å². The number of nitrogens with one attached hydrogen (secondary N) is 1. The van der Waals surface area contributed by atoms with E-state index in [4.69, 9.17) is 4.74 Å². The predicted molar refractivity (Wildman–Crippen MR) is 124 cm³/mol. The van der Waals surface area contributed by atoms with Crippen molar-refractivity contribution < 1.29 is 19.4 Å². The number of hydrogen-bond donors (Lipinski definition) is 2. The molecule has 0 spiro atoms. The highest BCUT2D eigenvalue weighted by Gasteiger charge is 2.33. The van der Waals surface area contributed by atoms with Gasteiger partial charge in [0, 0.05) is 23.7 Å². The number of amides is 2. The Labute approximate surface area is 188 Å². The molecule has 2 aromatic carbocycles. The zero-order valence-electron chi connectivity index (χ0n) is 18.4. The van der Waals surface area contributed by atoms with Gasteiger partial charge in [-0.1, -0.05) is 56.2 Å². The fourth-order valence-electron chi connectivity index (χ4n) is 4.58. The summed E-state index contributed by atoms with van der Waals surface area (Å²) < 4.78 is 6.09. The average molecular weight is 435 g/mol. The van der Waals surface area contributed by atoms with Crippen molar-refractivity contribution in [3.8, 4) is 11.5 Å². The van der Waals surface area contributed by atoms with Crippen LogP contribution in [0.25, 0.3) is 11.6 Å². The topological polar surface area (TPSA) is 78.9 Å². The van der Waals surface area contributed by atoms with Crippen LogP contribution in [-0.4, -0.2) is 47.1 Å². The SMILES string of the molecule is CCC(C(=O)NC1CCCC1)N(CCO)C(=O)C1=Cc2ccccc2Oc2ccccc21. The number of aliphatic hydroxyl groups is 1. The van der Waals surface area contributed by atoms with E-state index in [1.807, 2.05) is 61.5 Å². The van der Waals surface area contributed by atoms with E-state index in [9.17, 15) is 14.7 Å². The van der Waals surface area contributed by atoms with Crippen LogP contribution in [0, 0.1) is 0 Å². The summed E-state index contributed by atoms with van der Waals surface area (Å²) in [6, 6.07) is 14.5. The first-order valence-corrected chi connectivity index (χ1v) is 11.4. The Morgan fingerprint density at radius 2 is 1.78 bits per heavy atom. The summed E-state index contributed by atoms with van der Waals surface area (Å²) in [6.45, 7) is 1.75. The highest BCUT2D eigenvalue weighted by Crippen LogP contribution is 2.38. The van der Waals surface area contributed by atoms with Gasteiger partial charge in [-0.25, -0.2) is 0 Å². The Morgan fingerprint density at radius 1 is 1.09 bits per heavy atom. The molecule has 6 heteroatoms. The number of benzene rings is 2. The molecule has 0 radical (unpaired) electrons. The second-order valence-electron chi connectivity index (χ2n) is 8.33. The van der Waals surface area contributed by atoms with E-state index < -0.39 is 6.04 Å². The number of carbonyl (C=O) groups excluding carboxylic acids is 2. The van der Waals surface area contributed by atoms with E-state index in [-0.39, 0.29) is 31.0 Å². The average Bonchev–Trinajstić information content (AvgIpc) is 3.25. The molecule has 32 heavy (non-hydrogen) atoms. The third-order valence-electron chi connectivity index (χ3n) is 6.22. The van der Waals surface area contributed by atoms with Gasteiger partial charge < -0.3 is 20.1 Å². The van der Waals surface area contributed by atoms with Crippen molar-refractivity contribution in [2.45, 2.75) is 51.1 Å². The van der Waals surface area contributed by atoms with Gasteiger partial charge in [0.05, 0.1) is 12.2 Å². The number of fused-ring (bicyclic) bond motifs is 2. The van der Waals surface area contributed by atoms with Gasteiger partial charge in [0.15, 0.2) is 0 Å². The Morgan fingerprint density at radius 3 is 2.50 bits per heavy atom. The maximum atomic E-state index is 13.9. The third-order valence-corrected chi connectivity index (χ3v) is 6.22. The molecule has 168 valence electrons. The lowest BCUT2D eigenvalue weighted by Gasteiger charge is -2.31. The van der Waals surface area contributed by atoms with Gasteiger partial charge in [-0.05, 0) is 37.5 Å². The molecule has 0 saturated heterocycles. The molecule has 2 N–H and O–H groups in total. The van der Waals surface area contributed by atoms with Crippen molar-refractivity contribution in [2.24, 2.45) is 0 Å². The van der Waals surface area contributed by atoms with Gasteiger partial charge in [-0.3, -0.25) is 9.59 Å². The molecule has 6 nitrogen and oxygen atoms in total. The van der Waals surface area contributed by atoms with Crippen LogP contribution in [0.4, 0.5) is 0 Å². The highest BCUT2D eigenvalue weighted by molar-refractivity contribution is 6.25. The van der Waals surface area contributed by atoms with Crippen LogP contribution < -0.4 is 10.1 Å². The maximum Gasteiger partial charge on any atom is 0.255 e. The molecule has 1 saturated carbocycles.